The molecule has 15 heteroatoms. The molecule has 3 amide bonds. The second kappa shape index (κ2) is 18.0. The molecule has 2 fully saturated rings. The number of nitrogens with zero attached hydrogens (tertiary/aromatic N) is 2. The molecule has 0 saturated carbocycles. The Morgan fingerprint density at radius 2 is 1.85 bits per heavy atom. The summed E-state index contributed by atoms with van der Waals surface area (Å²) in [7, 11) is 6.23. The lowest BCUT2D eigenvalue weighted by Gasteiger charge is -2.41. The van der Waals surface area contributed by atoms with E-state index in [2.05, 4.69) is 17.9 Å². The summed E-state index contributed by atoms with van der Waals surface area (Å²) in [6.07, 6.45) is 3.10. The Hall–Kier alpha value is -3.14. The molecule has 0 radical (unpaired) electrons. The van der Waals surface area contributed by atoms with E-state index in [0.717, 1.165) is 16.7 Å². The number of allylic oxidation sites excluding steroid dienone is 3. The average Bonchev–Trinajstić information content (AvgIpc) is 3.81. The number of aliphatic hydroxyl groups is 1. The number of nitrogens with one attached hydrogen (secondary N) is 1. The lowest BCUT2D eigenvalue weighted by atomic mass is 9.82. The first-order valence-electron chi connectivity index (χ1n) is 18.6. The van der Waals surface area contributed by atoms with Gasteiger partial charge in [-0.2, -0.15) is 12.6 Å². The number of anilines is 1. The van der Waals surface area contributed by atoms with Crippen molar-refractivity contribution in [3.63, 3.8) is 0 Å². The van der Waals surface area contributed by atoms with E-state index in [1.165, 1.54) is 16.8 Å². The molecule has 13 nitrogen and oxygen atoms in total. The van der Waals surface area contributed by atoms with Crippen molar-refractivity contribution >= 4 is 53.8 Å². The molecule has 3 heterocycles. The largest absolute Gasteiger partial charge is 0.457 e. The highest BCUT2D eigenvalue weighted by molar-refractivity contribution is 7.81. The van der Waals surface area contributed by atoms with Crippen molar-refractivity contribution in [2.75, 3.05) is 46.4 Å². The number of fused-ring (bicyclic) bond motifs is 5. The Morgan fingerprint density at radius 3 is 2.49 bits per heavy atom. The number of carbonyl (C=O) groups excluding carboxylic acids is 4. The monoisotopic (exact) mass is 807 g/mol. The number of aryl methyl sites for hydroxylation is 1. The third kappa shape index (κ3) is 10.4. The molecule has 0 aliphatic carbocycles. The van der Waals surface area contributed by atoms with Crippen molar-refractivity contribution in [3.8, 4) is 0 Å². The summed E-state index contributed by atoms with van der Waals surface area (Å²) >= 11 is 11.5. The van der Waals surface area contributed by atoms with Crippen LogP contribution in [0.3, 0.4) is 0 Å². The first-order valence-corrected chi connectivity index (χ1v) is 19.5. The number of thiol groups is 1. The fourth-order valence-electron chi connectivity index (χ4n) is 7.40. The zero-order chi connectivity index (χ0) is 41.0. The van der Waals surface area contributed by atoms with Crippen LogP contribution in [0.4, 0.5) is 10.5 Å². The quantitative estimate of drug-likeness (QED) is 0.164. The van der Waals surface area contributed by atoms with Crippen LogP contribution < -0.4 is 10.2 Å². The normalized spacial score (nSPS) is 30.9. The number of rotatable bonds is 10. The Bertz CT molecular complexity index is 1670. The summed E-state index contributed by atoms with van der Waals surface area (Å²) < 4.78 is 28.0. The number of esters is 1. The number of hydrogen-bond acceptors (Lipinski definition) is 11. The highest BCUT2D eigenvalue weighted by atomic mass is 35.5. The number of hydrogen-bond donors (Lipinski definition) is 3. The lowest BCUT2D eigenvalue weighted by Crippen LogP contribution is -2.60. The molecule has 55 heavy (non-hydrogen) atoms. The van der Waals surface area contributed by atoms with Gasteiger partial charge in [0.15, 0.2) is 0 Å². The van der Waals surface area contributed by atoms with E-state index < -0.39 is 64.3 Å². The zero-order valence-electron chi connectivity index (χ0n) is 33.6. The molecular formula is C40H58ClN3O10S. The predicted molar refractivity (Wildman–Crippen MR) is 212 cm³/mol. The molecule has 0 aromatic heterocycles. The SMILES string of the molecule is COCC(S)(CCC(=O)N(C)[C@@H](C)C(=O)OC1CC(=O)N(C)c2cc(cc(C)c2Cl)C/C(C)=C/C=C/[C@@H](C)[C@@]2(O)C[C@H](OC(=O)N2)[C@@H](C)[C@@H]2O[C@@]12C)COC. The van der Waals surface area contributed by atoms with Gasteiger partial charge in [-0.05, 0) is 57.7 Å². The summed E-state index contributed by atoms with van der Waals surface area (Å²) in [5.74, 6) is -2.39. The smallest absolute Gasteiger partial charge is 0.409 e. The van der Waals surface area contributed by atoms with Crippen LogP contribution in [0.5, 0.6) is 0 Å². The summed E-state index contributed by atoms with van der Waals surface area (Å²) in [5, 5.41) is 14.7. The van der Waals surface area contributed by atoms with Crippen LogP contribution in [-0.4, -0.2) is 116 Å². The van der Waals surface area contributed by atoms with E-state index in [1.54, 1.807) is 35.1 Å². The number of carbonyl (C=O) groups is 4. The first kappa shape index (κ1) is 44.6. The summed E-state index contributed by atoms with van der Waals surface area (Å²) in [6.45, 7) is 11.3. The summed E-state index contributed by atoms with van der Waals surface area (Å²) in [6, 6.07) is 2.82. The van der Waals surface area contributed by atoms with E-state index in [0.29, 0.717) is 23.6 Å². The number of methoxy groups -OCH3 is 2. The number of likely N-dealkylation sites (N-methyl/N-ethyl adjacent to an activating group) is 1. The van der Waals surface area contributed by atoms with Gasteiger partial charge in [0, 0.05) is 53.0 Å². The van der Waals surface area contributed by atoms with Crippen molar-refractivity contribution in [3.05, 3.63) is 52.1 Å². The van der Waals surface area contributed by atoms with Gasteiger partial charge in [-0.25, -0.2) is 9.59 Å². The second-order valence-electron chi connectivity index (χ2n) is 15.7. The fourth-order valence-corrected chi connectivity index (χ4v) is 8.00. The van der Waals surface area contributed by atoms with Crippen LogP contribution in [0.2, 0.25) is 5.02 Å². The molecule has 1 aromatic carbocycles. The minimum absolute atomic E-state index is 0.0616. The van der Waals surface area contributed by atoms with Crippen molar-refractivity contribution in [1.29, 1.82) is 0 Å². The Balaban J connectivity index is 1.67. The Kier molecular flexibility index (Phi) is 14.6. The molecule has 306 valence electrons. The summed E-state index contributed by atoms with van der Waals surface area (Å²) in [5.41, 5.74) is 0.438. The molecule has 4 bridgehead atoms. The summed E-state index contributed by atoms with van der Waals surface area (Å²) in [4.78, 5) is 56.9. The fraction of sp³-hybridized carbons (Fsp3) is 0.650. The molecule has 0 spiro atoms. The third-order valence-corrected chi connectivity index (χ3v) is 12.3. The molecule has 4 rings (SSSR count). The molecule has 1 aromatic rings. The second-order valence-corrected chi connectivity index (χ2v) is 17.1. The number of epoxide rings is 1. The first-order chi connectivity index (χ1) is 25.7. The topological polar surface area (TPSA) is 156 Å². The predicted octanol–water partition coefficient (Wildman–Crippen LogP) is 5.18. The molecule has 8 atom stereocenters. The van der Waals surface area contributed by atoms with Crippen molar-refractivity contribution < 1.29 is 48.0 Å². The van der Waals surface area contributed by atoms with Gasteiger partial charge in [0.2, 0.25) is 11.8 Å². The van der Waals surface area contributed by atoms with Gasteiger partial charge < -0.3 is 38.6 Å². The maximum atomic E-state index is 14.2. The molecule has 1 unspecified atom stereocenters. The van der Waals surface area contributed by atoms with Crippen LogP contribution in [0.1, 0.15) is 71.4 Å². The van der Waals surface area contributed by atoms with E-state index in [-0.39, 0.29) is 44.3 Å². The molecule has 2 saturated heterocycles. The maximum Gasteiger partial charge on any atom is 0.409 e. The number of alkyl carbamates (subject to hydrolysis) is 1. The highest BCUT2D eigenvalue weighted by Gasteiger charge is 2.64. The zero-order valence-corrected chi connectivity index (χ0v) is 35.3. The van der Waals surface area contributed by atoms with Crippen LogP contribution in [0, 0.1) is 18.8 Å². The van der Waals surface area contributed by atoms with E-state index in [1.807, 2.05) is 58.1 Å². The van der Waals surface area contributed by atoms with Crippen LogP contribution in [0.15, 0.2) is 35.9 Å². The van der Waals surface area contributed by atoms with Crippen LogP contribution in [0.25, 0.3) is 0 Å². The van der Waals surface area contributed by atoms with Gasteiger partial charge in [-0.1, -0.05) is 55.3 Å². The molecule has 3 aliphatic heterocycles. The number of amides is 3. The molecule has 3 aliphatic rings. The van der Waals surface area contributed by atoms with Gasteiger partial charge in [0.25, 0.3) is 0 Å². The molecular weight excluding hydrogens is 750 g/mol. The lowest BCUT2D eigenvalue weighted by molar-refractivity contribution is -0.162. The minimum atomic E-state index is -1.61. The minimum Gasteiger partial charge on any atom is -0.457 e. The third-order valence-electron chi connectivity index (χ3n) is 11.3. The standard InChI is InChI=1S/C40H58ClN3O10S/c1-23-12-11-13-25(3)40(49)20-30(52-37(48)42-40)26(4)35-38(6,54-35)31(19-33(46)44(8)29-18-28(16-23)17-24(2)34(29)41)53-36(47)27(5)43(7)32(45)14-15-39(55,21-50-9)22-51-10/h11-13,17-18,25-27,30-31,35,49,55H,14-16,19-22H2,1-10H3,(H,42,48)/b13-11+,23-12+/t25-,26-,27+,30+,31?,35+,38+,40+/m1/s1. The van der Waals surface area contributed by atoms with Gasteiger partial charge in [-0.15, -0.1) is 0 Å². The van der Waals surface area contributed by atoms with E-state index >= 15 is 0 Å². The number of halogens is 1. The highest BCUT2D eigenvalue weighted by Crippen LogP contribution is 2.49. The van der Waals surface area contributed by atoms with E-state index in [4.69, 9.17) is 35.3 Å². The van der Waals surface area contributed by atoms with E-state index in [9.17, 15) is 24.3 Å². The van der Waals surface area contributed by atoms with Crippen molar-refractivity contribution in [2.24, 2.45) is 11.8 Å². The average molecular weight is 808 g/mol. The van der Waals surface area contributed by atoms with Gasteiger partial charge in [0.05, 0.1) is 41.2 Å². The van der Waals surface area contributed by atoms with Crippen molar-refractivity contribution in [2.45, 2.75) is 114 Å². The van der Waals surface area contributed by atoms with Gasteiger partial charge in [0.1, 0.15) is 29.6 Å². The molecule has 2 N–H and O–H groups in total. The Morgan fingerprint density at radius 1 is 1.20 bits per heavy atom. The van der Waals surface area contributed by atoms with Gasteiger partial charge >= 0.3 is 12.1 Å². The van der Waals surface area contributed by atoms with Crippen molar-refractivity contribution in [1.82, 2.24) is 10.2 Å². The Labute approximate surface area is 335 Å². The van der Waals surface area contributed by atoms with Gasteiger partial charge in [-0.3, -0.25) is 14.9 Å². The maximum absolute atomic E-state index is 14.2. The van der Waals surface area contributed by atoms with Crippen LogP contribution >= 0.6 is 24.2 Å². The number of ether oxygens (including phenoxy) is 5. The van der Waals surface area contributed by atoms with Crippen LogP contribution in [-0.2, 0) is 44.5 Å². The number of benzene rings is 1.